The van der Waals surface area contributed by atoms with E-state index in [1.54, 1.807) is 11.0 Å². The quantitative estimate of drug-likeness (QED) is 0.863. The molecule has 1 fully saturated rings. The van der Waals surface area contributed by atoms with Gasteiger partial charge in [0, 0.05) is 13.0 Å². The van der Waals surface area contributed by atoms with Gasteiger partial charge in [0.25, 0.3) is 0 Å². The van der Waals surface area contributed by atoms with E-state index >= 15 is 0 Å². The minimum absolute atomic E-state index is 0.0257. The van der Waals surface area contributed by atoms with E-state index in [4.69, 9.17) is 28.9 Å². The standard InChI is InChI=1S/C12H18Cl2N2O2/c1-2-9(12(15)18)16-6-5-8(7-10(13)14)3-4-11(16)17/h7-9H,2-6H2,1H3,(H2,15,18). The average Bonchev–Trinajstić information content (AvgIpc) is 2.44. The first-order valence-corrected chi connectivity index (χ1v) is 6.82. The first-order chi connectivity index (χ1) is 8.45. The molecule has 1 aliphatic heterocycles. The fourth-order valence-electron chi connectivity index (χ4n) is 2.28. The Morgan fingerprint density at radius 3 is 2.72 bits per heavy atom. The van der Waals surface area contributed by atoms with Crippen molar-refractivity contribution in [1.29, 1.82) is 0 Å². The van der Waals surface area contributed by atoms with E-state index in [9.17, 15) is 9.59 Å². The van der Waals surface area contributed by atoms with Gasteiger partial charge in [-0.05, 0) is 25.2 Å². The molecule has 1 saturated heterocycles. The van der Waals surface area contributed by atoms with Crippen LogP contribution < -0.4 is 5.73 Å². The molecule has 0 aliphatic carbocycles. The van der Waals surface area contributed by atoms with Crippen LogP contribution in [0.15, 0.2) is 10.6 Å². The maximum atomic E-state index is 12.0. The van der Waals surface area contributed by atoms with Gasteiger partial charge in [-0.15, -0.1) is 0 Å². The van der Waals surface area contributed by atoms with Crippen molar-refractivity contribution < 1.29 is 9.59 Å². The zero-order chi connectivity index (χ0) is 13.7. The van der Waals surface area contributed by atoms with E-state index in [1.807, 2.05) is 6.92 Å². The van der Waals surface area contributed by atoms with Crippen LogP contribution in [0, 0.1) is 5.92 Å². The topological polar surface area (TPSA) is 63.4 Å². The number of halogens is 2. The van der Waals surface area contributed by atoms with Gasteiger partial charge in [-0.3, -0.25) is 9.59 Å². The molecule has 4 nitrogen and oxygen atoms in total. The molecular weight excluding hydrogens is 275 g/mol. The molecule has 102 valence electrons. The third-order valence-corrected chi connectivity index (χ3v) is 3.50. The number of hydrogen-bond acceptors (Lipinski definition) is 2. The van der Waals surface area contributed by atoms with Crippen LogP contribution >= 0.6 is 23.2 Å². The molecule has 0 aromatic carbocycles. The van der Waals surface area contributed by atoms with Crippen LogP contribution in [0.5, 0.6) is 0 Å². The third-order valence-electron chi connectivity index (χ3n) is 3.24. The smallest absolute Gasteiger partial charge is 0.240 e. The summed E-state index contributed by atoms with van der Waals surface area (Å²) in [5.74, 6) is -0.299. The maximum Gasteiger partial charge on any atom is 0.240 e. The van der Waals surface area contributed by atoms with Gasteiger partial charge in [0.2, 0.25) is 11.8 Å². The number of rotatable bonds is 4. The summed E-state index contributed by atoms with van der Waals surface area (Å²) in [5.41, 5.74) is 5.32. The third kappa shape index (κ3) is 4.18. The molecule has 1 rings (SSSR count). The highest BCUT2D eigenvalue weighted by atomic mass is 35.5. The normalized spacial score (nSPS) is 22.3. The Bertz CT molecular complexity index is 354. The number of likely N-dealkylation sites (tertiary alicyclic amines) is 1. The predicted octanol–water partition coefficient (Wildman–Crippen LogP) is 2.20. The molecule has 1 aliphatic rings. The molecule has 2 atom stereocenters. The van der Waals surface area contributed by atoms with E-state index in [0.29, 0.717) is 25.8 Å². The molecule has 0 saturated carbocycles. The number of allylic oxidation sites excluding steroid dienone is 1. The summed E-state index contributed by atoms with van der Waals surface area (Å²) in [4.78, 5) is 24.9. The summed E-state index contributed by atoms with van der Waals surface area (Å²) in [7, 11) is 0. The molecule has 2 N–H and O–H groups in total. The molecule has 0 radical (unpaired) electrons. The lowest BCUT2D eigenvalue weighted by atomic mass is 10.0. The number of hydrogen-bond donors (Lipinski definition) is 1. The van der Waals surface area contributed by atoms with Crippen LogP contribution in [-0.4, -0.2) is 29.3 Å². The van der Waals surface area contributed by atoms with E-state index in [-0.39, 0.29) is 16.3 Å². The SMILES string of the molecule is CCC(C(N)=O)N1CCC(C=C(Cl)Cl)CCC1=O. The minimum atomic E-state index is -0.508. The second-order valence-electron chi connectivity index (χ2n) is 4.46. The number of nitrogens with two attached hydrogens (primary N) is 1. The highest BCUT2D eigenvalue weighted by Crippen LogP contribution is 2.24. The van der Waals surface area contributed by atoms with Gasteiger partial charge in [-0.2, -0.15) is 0 Å². The number of carbonyl (C=O) groups is 2. The molecule has 0 spiro atoms. The van der Waals surface area contributed by atoms with E-state index < -0.39 is 11.9 Å². The van der Waals surface area contributed by atoms with Gasteiger partial charge in [0.05, 0.1) is 0 Å². The highest BCUT2D eigenvalue weighted by Gasteiger charge is 2.29. The summed E-state index contributed by atoms with van der Waals surface area (Å²) in [5, 5.41) is 0. The van der Waals surface area contributed by atoms with Crippen molar-refractivity contribution in [3.8, 4) is 0 Å². The summed E-state index contributed by atoms with van der Waals surface area (Å²) < 4.78 is 0.225. The Morgan fingerprint density at radius 2 is 2.22 bits per heavy atom. The van der Waals surface area contributed by atoms with Gasteiger partial charge >= 0.3 is 0 Å². The Labute approximate surface area is 117 Å². The Balaban J connectivity index is 2.75. The van der Waals surface area contributed by atoms with Gasteiger partial charge in [0.1, 0.15) is 10.5 Å². The summed E-state index contributed by atoms with van der Waals surface area (Å²) in [6.45, 7) is 2.36. The lowest BCUT2D eigenvalue weighted by molar-refractivity contribution is -0.139. The maximum absolute atomic E-state index is 12.0. The van der Waals surface area contributed by atoms with Crippen LogP contribution in [0.3, 0.4) is 0 Å². The number of primary amides is 1. The molecule has 18 heavy (non-hydrogen) atoms. The van der Waals surface area contributed by atoms with Crippen molar-refractivity contribution in [2.24, 2.45) is 11.7 Å². The molecule has 6 heteroatoms. The van der Waals surface area contributed by atoms with E-state index in [0.717, 1.165) is 6.42 Å². The monoisotopic (exact) mass is 292 g/mol. The molecule has 0 aromatic rings. The fraction of sp³-hybridized carbons (Fsp3) is 0.667. The second kappa shape index (κ2) is 7.00. The largest absolute Gasteiger partial charge is 0.368 e. The zero-order valence-corrected chi connectivity index (χ0v) is 11.9. The van der Waals surface area contributed by atoms with Crippen molar-refractivity contribution in [2.75, 3.05) is 6.54 Å². The van der Waals surface area contributed by atoms with Gasteiger partial charge in [-0.25, -0.2) is 0 Å². The Hall–Kier alpha value is -0.740. The van der Waals surface area contributed by atoms with Crippen molar-refractivity contribution in [2.45, 2.75) is 38.6 Å². The molecule has 1 heterocycles. The first kappa shape index (κ1) is 15.3. The first-order valence-electron chi connectivity index (χ1n) is 6.07. The van der Waals surface area contributed by atoms with Gasteiger partial charge in [-0.1, -0.05) is 36.2 Å². The molecule has 2 amide bonds. The van der Waals surface area contributed by atoms with Crippen LogP contribution in [0.2, 0.25) is 0 Å². The summed E-state index contributed by atoms with van der Waals surface area (Å²) in [6, 6.07) is -0.508. The second-order valence-corrected chi connectivity index (χ2v) is 5.47. The van der Waals surface area contributed by atoms with Crippen LogP contribution in [0.25, 0.3) is 0 Å². The van der Waals surface area contributed by atoms with Crippen LogP contribution in [0.1, 0.15) is 32.6 Å². The van der Waals surface area contributed by atoms with E-state index in [2.05, 4.69) is 0 Å². The number of nitrogens with zero attached hydrogens (tertiary/aromatic N) is 1. The zero-order valence-electron chi connectivity index (χ0n) is 10.4. The van der Waals surface area contributed by atoms with Crippen LogP contribution in [-0.2, 0) is 9.59 Å². The fourth-order valence-corrected chi connectivity index (χ4v) is 2.63. The Morgan fingerprint density at radius 1 is 1.56 bits per heavy atom. The van der Waals surface area contributed by atoms with Gasteiger partial charge in [0.15, 0.2) is 0 Å². The summed E-state index contributed by atoms with van der Waals surface area (Å²) >= 11 is 11.3. The van der Waals surface area contributed by atoms with Crippen molar-refractivity contribution in [3.63, 3.8) is 0 Å². The predicted molar refractivity (Wildman–Crippen MR) is 72.1 cm³/mol. The van der Waals surface area contributed by atoms with Crippen molar-refractivity contribution in [3.05, 3.63) is 10.6 Å². The highest BCUT2D eigenvalue weighted by molar-refractivity contribution is 6.55. The Kier molecular flexibility index (Phi) is 5.96. The lowest BCUT2D eigenvalue weighted by Crippen LogP contribution is -2.47. The minimum Gasteiger partial charge on any atom is -0.368 e. The van der Waals surface area contributed by atoms with Crippen molar-refractivity contribution in [1.82, 2.24) is 4.90 Å². The van der Waals surface area contributed by atoms with Gasteiger partial charge < -0.3 is 10.6 Å². The summed E-state index contributed by atoms with van der Waals surface area (Å²) in [6.07, 6.45) is 4.14. The molecule has 0 aromatic heterocycles. The van der Waals surface area contributed by atoms with Crippen molar-refractivity contribution >= 4 is 35.0 Å². The van der Waals surface area contributed by atoms with Crippen LogP contribution in [0.4, 0.5) is 0 Å². The molecule has 0 bridgehead atoms. The lowest BCUT2D eigenvalue weighted by Gasteiger charge is -2.27. The number of carbonyl (C=O) groups excluding carboxylic acids is 2. The number of amides is 2. The average molecular weight is 293 g/mol. The van der Waals surface area contributed by atoms with E-state index in [1.165, 1.54) is 0 Å². The molecular formula is C12H18Cl2N2O2. The molecule has 2 unspecified atom stereocenters.